The maximum Gasteiger partial charge on any atom is 0.328 e. The van der Waals surface area contributed by atoms with Crippen molar-refractivity contribution >= 4 is 5.97 Å². The number of aryl methyl sites for hydroxylation is 2. The summed E-state index contributed by atoms with van der Waals surface area (Å²) < 4.78 is 5.26. The highest BCUT2D eigenvalue weighted by Crippen LogP contribution is 2.26. The summed E-state index contributed by atoms with van der Waals surface area (Å²) in [5, 5.41) is 8.54. The van der Waals surface area contributed by atoms with Crippen molar-refractivity contribution < 1.29 is 14.6 Å². The molecule has 0 aliphatic rings. The van der Waals surface area contributed by atoms with Crippen molar-refractivity contribution in [2.45, 2.75) is 19.9 Å². The maximum absolute atomic E-state index is 10.4. The SMILES string of the molecule is COc1c(C)cc(C(N)/C=C/C(=O)O)cc1C. The molecule has 0 saturated carbocycles. The molecule has 92 valence electrons. The van der Waals surface area contributed by atoms with E-state index in [2.05, 4.69) is 0 Å². The van der Waals surface area contributed by atoms with Crippen LogP contribution < -0.4 is 10.5 Å². The zero-order chi connectivity index (χ0) is 13.0. The maximum atomic E-state index is 10.4. The van der Waals surface area contributed by atoms with Crippen LogP contribution >= 0.6 is 0 Å². The van der Waals surface area contributed by atoms with E-state index in [4.69, 9.17) is 15.6 Å². The molecule has 1 aromatic rings. The minimum Gasteiger partial charge on any atom is -0.496 e. The number of carboxylic acid groups (broad SMARTS) is 1. The van der Waals surface area contributed by atoms with E-state index in [9.17, 15) is 4.79 Å². The van der Waals surface area contributed by atoms with Gasteiger partial charge in [0.1, 0.15) is 5.75 Å². The topological polar surface area (TPSA) is 72.5 Å². The molecule has 0 aliphatic carbocycles. The molecule has 4 nitrogen and oxygen atoms in total. The van der Waals surface area contributed by atoms with Crippen LogP contribution in [0.1, 0.15) is 22.7 Å². The second kappa shape index (κ2) is 5.50. The highest BCUT2D eigenvalue weighted by atomic mass is 16.5. The van der Waals surface area contributed by atoms with Crippen LogP contribution in [0.5, 0.6) is 5.75 Å². The summed E-state index contributed by atoms with van der Waals surface area (Å²) >= 11 is 0. The van der Waals surface area contributed by atoms with Gasteiger partial charge in [-0.05, 0) is 30.5 Å². The minimum absolute atomic E-state index is 0.422. The molecule has 0 spiro atoms. The van der Waals surface area contributed by atoms with Crippen molar-refractivity contribution in [3.8, 4) is 5.75 Å². The highest BCUT2D eigenvalue weighted by molar-refractivity contribution is 5.79. The molecule has 0 saturated heterocycles. The van der Waals surface area contributed by atoms with Crippen LogP contribution in [-0.4, -0.2) is 18.2 Å². The number of ether oxygens (including phenoxy) is 1. The summed E-state index contributed by atoms with van der Waals surface area (Å²) in [4.78, 5) is 10.4. The van der Waals surface area contributed by atoms with Gasteiger partial charge in [-0.2, -0.15) is 0 Å². The van der Waals surface area contributed by atoms with E-state index in [1.54, 1.807) is 7.11 Å². The summed E-state index contributed by atoms with van der Waals surface area (Å²) in [7, 11) is 1.62. The van der Waals surface area contributed by atoms with Gasteiger partial charge in [-0.1, -0.05) is 18.2 Å². The van der Waals surface area contributed by atoms with Crippen molar-refractivity contribution in [2.24, 2.45) is 5.73 Å². The van der Waals surface area contributed by atoms with Gasteiger partial charge in [0.2, 0.25) is 0 Å². The van der Waals surface area contributed by atoms with Crippen molar-refractivity contribution in [3.05, 3.63) is 41.0 Å². The first-order valence-electron chi connectivity index (χ1n) is 5.27. The quantitative estimate of drug-likeness (QED) is 0.782. The molecule has 1 atom stereocenters. The second-order valence-electron chi connectivity index (χ2n) is 3.91. The Labute approximate surface area is 101 Å². The third-order valence-corrected chi connectivity index (χ3v) is 2.52. The van der Waals surface area contributed by atoms with Gasteiger partial charge in [-0.15, -0.1) is 0 Å². The molecule has 1 unspecified atom stereocenters. The summed E-state index contributed by atoms with van der Waals surface area (Å²) in [6, 6.07) is 3.39. The number of methoxy groups -OCH3 is 1. The number of benzene rings is 1. The Morgan fingerprint density at radius 3 is 2.35 bits per heavy atom. The van der Waals surface area contributed by atoms with Gasteiger partial charge in [0.05, 0.1) is 7.11 Å². The number of rotatable bonds is 4. The molecule has 0 heterocycles. The molecule has 0 fully saturated rings. The number of carbonyl (C=O) groups is 1. The lowest BCUT2D eigenvalue weighted by Gasteiger charge is -2.13. The van der Waals surface area contributed by atoms with Gasteiger partial charge in [0.15, 0.2) is 0 Å². The lowest BCUT2D eigenvalue weighted by atomic mass is 10.0. The van der Waals surface area contributed by atoms with E-state index in [-0.39, 0.29) is 0 Å². The van der Waals surface area contributed by atoms with Crippen LogP contribution in [0.25, 0.3) is 0 Å². The van der Waals surface area contributed by atoms with Crippen LogP contribution in [0.2, 0.25) is 0 Å². The van der Waals surface area contributed by atoms with E-state index in [0.717, 1.165) is 28.5 Å². The molecule has 0 radical (unpaired) electrons. The zero-order valence-electron chi connectivity index (χ0n) is 10.2. The number of aliphatic carboxylic acids is 1. The Hall–Kier alpha value is -1.81. The molecule has 3 N–H and O–H groups in total. The van der Waals surface area contributed by atoms with Crippen LogP contribution in [0, 0.1) is 13.8 Å². The second-order valence-corrected chi connectivity index (χ2v) is 3.91. The van der Waals surface area contributed by atoms with Gasteiger partial charge >= 0.3 is 5.97 Å². The van der Waals surface area contributed by atoms with Crippen LogP contribution in [-0.2, 0) is 4.79 Å². The number of hydrogen-bond acceptors (Lipinski definition) is 3. The molecule has 0 aromatic heterocycles. The minimum atomic E-state index is -0.998. The lowest BCUT2D eigenvalue weighted by molar-refractivity contribution is -0.131. The van der Waals surface area contributed by atoms with E-state index in [0.29, 0.717) is 0 Å². The smallest absolute Gasteiger partial charge is 0.328 e. The average Bonchev–Trinajstić information content (AvgIpc) is 2.25. The largest absolute Gasteiger partial charge is 0.496 e. The Balaban J connectivity index is 3.04. The Morgan fingerprint density at radius 2 is 1.94 bits per heavy atom. The monoisotopic (exact) mass is 235 g/mol. The van der Waals surface area contributed by atoms with E-state index in [1.807, 2.05) is 26.0 Å². The normalized spacial score (nSPS) is 12.7. The van der Waals surface area contributed by atoms with Crippen LogP contribution in [0.4, 0.5) is 0 Å². The molecular weight excluding hydrogens is 218 g/mol. The Kier molecular flexibility index (Phi) is 4.29. The van der Waals surface area contributed by atoms with E-state index in [1.165, 1.54) is 6.08 Å². The predicted molar refractivity (Wildman–Crippen MR) is 66.2 cm³/mol. The average molecular weight is 235 g/mol. The summed E-state index contributed by atoms with van der Waals surface area (Å²) in [5.74, 6) is -0.162. The van der Waals surface area contributed by atoms with Crippen molar-refractivity contribution in [1.82, 2.24) is 0 Å². The third kappa shape index (κ3) is 3.32. The fourth-order valence-electron chi connectivity index (χ4n) is 1.80. The van der Waals surface area contributed by atoms with Crippen molar-refractivity contribution in [2.75, 3.05) is 7.11 Å². The third-order valence-electron chi connectivity index (χ3n) is 2.52. The lowest BCUT2D eigenvalue weighted by Crippen LogP contribution is -2.09. The van der Waals surface area contributed by atoms with Crippen LogP contribution in [0.15, 0.2) is 24.3 Å². The number of carboxylic acids is 1. The van der Waals surface area contributed by atoms with Crippen molar-refractivity contribution in [3.63, 3.8) is 0 Å². The fraction of sp³-hybridized carbons (Fsp3) is 0.308. The van der Waals surface area contributed by atoms with Gasteiger partial charge in [0, 0.05) is 12.1 Å². The van der Waals surface area contributed by atoms with E-state index < -0.39 is 12.0 Å². The molecule has 0 amide bonds. The number of nitrogens with two attached hydrogens (primary N) is 1. The highest BCUT2D eigenvalue weighted by Gasteiger charge is 2.09. The van der Waals surface area contributed by atoms with E-state index >= 15 is 0 Å². The van der Waals surface area contributed by atoms with Crippen LogP contribution in [0.3, 0.4) is 0 Å². The molecule has 1 rings (SSSR count). The Bertz CT molecular complexity index is 429. The first-order chi connectivity index (χ1) is 7.95. The molecule has 17 heavy (non-hydrogen) atoms. The van der Waals surface area contributed by atoms with Gasteiger partial charge in [-0.3, -0.25) is 0 Å². The Morgan fingerprint density at radius 1 is 1.41 bits per heavy atom. The molecule has 1 aromatic carbocycles. The molecule has 4 heteroatoms. The number of hydrogen-bond donors (Lipinski definition) is 2. The van der Waals surface area contributed by atoms with Gasteiger partial charge in [-0.25, -0.2) is 4.79 Å². The predicted octanol–water partition coefficient (Wildman–Crippen LogP) is 1.95. The molecule has 0 bridgehead atoms. The summed E-state index contributed by atoms with van der Waals surface area (Å²) in [6.07, 6.45) is 2.52. The molecular formula is C13H17NO3. The van der Waals surface area contributed by atoms with Gasteiger partial charge < -0.3 is 15.6 Å². The summed E-state index contributed by atoms with van der Waals surface area (Å²) in [5.41, 5.74) is 8.73. The zero-order valence-corrected chi connectivity index (χ0v) is 10.2. The fourth-order valence-corrected chi connectivity index (χ4v) is 1.80. The summed E-state index contributed by atoms with van der Waals surface area (Å²) in [6.45, 7) is 3.87. The first kappa shape index (κ1) is 13.3. The van der Waals surface area contributed by atoms with Gasteiger partial charge in [0.25, 0.3) is 0 Å². The molecule has 0 aliphatic heterocycles. The van der Waals surface area contributed by atoms with Crippen molar-refractivity contribution in [1.29, 1.82) is 0 Å². The standard InChI is InChI=1S/C13H17NO3/c1-8-6-10(7-9(2)13(8)17-3)11(14)4-5-12(15)16/h4-7,11H,14H2,1-3H3,(H,15,16)/b5-4+. The first-order valence-corrected chi connectivity index (χ1v) is 5.27.